The maximum atomic E-state index is 12.1. The molecule has 1 aromatic heterocycles. The predicted molar refractivity (Wildman–Crippen MR) is 88.1 cm³/mol. The van der Waals surface area contributed by atoms with Crippen LogP contribution in [0.2, 0.25) is 0 Å². The number of hydrogen-bond acceptors (Lipinski definition) is 5. The van der Waals surface area contributed by atoms with Crippen LogP contribution in [0.4, 0.5) is 0 Å². The Morgan fingerprint density at radius 1 is 1.22 bits per heavy atom. The van der Waals surface area contributed by atoms with Crippen molar-refractivity contribution in [3.8, 4) is 0 Å². The molecule has 0 atom stereocenters. The van der Waals surface area contributed by atoms with Crippen LogP contribution in [0, 0.1) is 6.92 Å². The lowest BCUT2D eigenvalue weighted by atomic mass is 10.1. The molecule has 1 saturated heterocycles. The minimum absolute atomic E-state index is 0.0830. The van der Waals surface area contributed by atoms with Gasteiger partial charge in [0, 0.05) is 52.3 Å². The highest BCUT2D eigenvalue weighted by molar-refractivity contribution is 5.79. The van der Waals surface area contributed by atoms with Gasteiger partial charge < -0.3 is 14.4 Å². The Hall–Kier alpha value is -1.50. The van der Waals surface area contributed by atoms with Crippen molar-refractivity contribution in [2.24, 2.45) is 0 Å². The number of ether oxygens (including phenoxy) is 2. The summed E-state index contributed by atoms with van der Waals surface area (Å²) in [5.74, 6) is -0.0830. The molecule has 0 spiro atoms. The monoisotopic (exact) mass is 321 g/mol. The number of pyridine rings is 1. The Morgan fingerprint density at radius 2 is 1.91 bits per heavy atom. The number of methoxy groups -OCH3 is 2. The third-order valence-electron chi connectivity index (χ3n) is 4.23. The Labute approximate surface area is 138 Å². The molecule has 0 aliphatic carbocycles. The minimum Gasteiger partial charge on any atom is -0.348 e. The van der Waals surface area contributed by atoms with Crippen LogP contribution in [0.5, 0.6) is 0 Å². The summed E-state index contributed by atoms with van der Waals surface area (Å²) in [5, 5.41) is 0. The number of amides is 1. The smallest absolute Gasteiger partial charge is 0.279 e. The van der Waals surface area contributed by atoms with Crippen molar-refractivity contribution in [2.45, 2.75) is 26.1 Å². The van der Waals surface area contributed by atoms with E-state index in [0.717, 1.165) is 51.3 Å². The van der Waals surface area contributed by atoms with E-state index in [2.05, 4.69) is 22.0 Å². The van der Waals surface area contributed by atoms with Crippen LogP contribution < -0.4 is 0 Å². The first kappa shape index (κ1) is 17.8. The summed E-state index contributed by atoms with van der Waals surface area (Å²) >= 11 is 0. The minimum atomic E-state index is -0.782. The van der Waals surface area contributed by atoms with Crippen LogP contribution in [-0.4, -0.2) is 73.9 Å². The molecule has 0 unspecified atom stereocenters. The van der Waals surface area contributed by atoms with Crippen molar-refractivity contribution in [3.63, 3.8) is 0 Å². The van der Waals surface area contributed by atoms with Gasteiger partial charge in [-0.05, 0) is 37.9 Å². The fraction of sp³-hybridized carbons (Fsp3) is 0.647. The molecule has 0 N–H and O–H groups in total. The van der Waals surface area contributed by atoms with Crippen molar-refractivity contribution in [1.82, 2.24) is 14.8 Å². The average molecular weight is 321 g/mol. The van der Waals surface area contributed by atoms with Gasteiger partial charge in [-0.3, -0.25) is 14.7 Å². The van der Waals surface area contributed by atoms with Gasteiger partial charge in [0.15, 0.2) is 0 Å². The van der Waals surface area contributed by atoms with E-state index in [1.54, 1.807) is 0 Å². The highest BCUT2D eigenvalue weighted by atomic mass is 16.7. The van der Waals surface area contributed by atoms with Crippen LogP contribution in [-0.2, 0) is 20.7 Å². The van der Waals surface area contributed by atoms with Crippen LogP contribution in [0.1, 0.15) is 17.7 Å². The van der Waals surface area contributed by atoms with Gasteiger partial charge >= 0.3 is 0 Å². The summed E-state index contributed by atoms with van der Waals surface area (Å²) in [6.07, 6.45) is 3.33. The number of carbonyl (C=O) groups excluding carboxylic acids is 1. The molecule has 6 nitrogen and oxygen atoms in total. The average Bonchev–Trinajstić information content (AvgIpc) is 2.58. The molecule has 0 saturated carbocycles. The van der Waals surface area contributed by atoms with Gasteiger partial charge in [0.25, 0.3) is 5.91 Å². The first-order valence-corrected chi connectivity index (χ1v) is 8.12. The van der Waals surface area contributed by atoms with Crippen LogP contribution >= 0.6 is 0 Å². The molecular formula is C17H27N3O3. The molecule has 128 valence electrons. The fourth-order valence-electron chi connectivity index (χ4n) is 2.79. The lowest BCUT2D eigenvalue weighted by molar-refractivity contribution is -0.171. The van der Waals surface area contributed by atoms with Crippen molar-refractivity contribution in [1.29, 1.82) is 0 Å². The van der Waals surface area contributed by atoms with E-state index in [9.17, 15) is 4.79 Å². The molecular weight excluding hydrogens is 294 g/mol. The quantitative estimate of drug-likeness (QED) is 0.704. The van der Waals surface area contributed by atoms with E-state index < -0.39 is 6.29 Å². The molecule has 1 aliphatic rings. The van der Waals surface area contributed by atoms with Crippen LogP contribution in [0.15, 0.2) is 18.3 Å². The largest absolute Gasteiger partial charge is 0.348 e. The second kappa shape index (κ2) is 8.96. The number of carbonyl (C=O) groups is 1. The normalized spacial score (nSPS) is 16.1. The predicted octanol–water partition coefficient (Wildman–Crippen LogP) is 1.09. The topological polar surface area (TPSA) is 54.9 Å². The molecule has 1 amide bonds. The maximum absolute atomic E-state index is 12.1. The number of nitrogens with zero attached hydrogens (tertiary/aromatic N) is 3. The Morgan fingerprint density at radius 3 is 2.48 bits per heavy atom. The molecule has 0 bridgehead atoms. The standard InChI is InChI=1S/C17H27N3O3/c1-14-6-7-15(13-18-14)5-4-8-19-9-11-20(12-10-19)16(21)17(22-2)23-3/h6-7,13,17H,4-5,8-12H2,1-3H3. The molecule has 2 rings (SSSR count). The second-order valence-electron chi connectivity index (χ2n) is 5.88. The Balaban J connectivity index is 1.68. The molecule has 23 heavy (non-hydrogen) atoms. The van der Waals surface area contributed by atoms with Crippen molar-refractivity contribution in [3.05, 3.63) is 29.6 Å². The van der Waals surface area contributed by atoms with E-state index >= 15 is 0 Å². The van der Waals surface area contributed by atoms with Crippen LogP contribution in [0.25, 0.3) is 0 Å². The van der Waals surface area contributed by atoms with E-state index in [1.807, 2.05) is 18.0 Å². The zero-order chi connectivity index (χ0) is 16.7. The highest BCUT2D eigenvalue weighted by Crippen LogP contribution is 2.08. The maximum Gasteiger partial charge on any atom is 0.279 e. The Kier molecular flexibility index (Phi) is 6.95. The number of hydrogen-bond donors (Lipinski definition) is 0. The van der Waals surface area contributed by atoms with Gasteiger partial charge in [0.2, 0.25) is 6.29 Å². The zero-order valence-electron chi connectivity index (χ0n) is 14.3. The third kappa shape index (κ3) is 5.27. The lowest BCUT2D eigenvalue weighted by Crippen LogP contribution is -2.52. The van der Waals surface area contributed by atoms with Gasteiger partial charge in [-0.2, -0.15) is 0 Å². The third-order valence-corrected chi connectivity index (χ3v) is 4.23. The molecule has 2 heterocycles. The van der Waals surface area contributed by atoms with E-state index in [0.29, 0.717) is 0 Å². The number of rotatable bonds is 7. The second-order valence-corrected chi connectivity index (χ2v) is 5.88. The van der Waals surface area contributed by atoms with Gasteiger partial charge in [-0.25, -0.2) is 0 Å². The number of piperazine rings is 1. The van der Waals surface area contributed by atoms with E-state index in [4.69, 9.17) is 9.47 Å². The van der Waals surface area contributed by atoms with Gasteiger partial charge in [0.1, 0.15) is 0 Å². The van der Waals surface area contributed by atoms with Gasteiger partial charge in [0.05, 0.1) is 0 Å². The summed E-state index contributed by atoms with van der Waals surface area (Å²) < 4.78 is 10.1. The van der Waals surface area contributed by atoms with E-state index in [1.165, 1.54) is 19.8 Å². The molecule has 0 radical (unpaired) electrons. The molecule has 1 fully saturated rings. The van der Waals surface area contributed by atoms with Crippen LogP contribution in [0.3, 0.4) is 0 Å². The lowest BCUT2D eigenvalue weighted by Gasteiger charge is -2.35. The number of aromatic nitrogens is 1. The first-order chi connectivity index (χ1) is 11.1. The van der Waals surface area contributed by atoms with Gasteiger partial charge in [-0.15, -0.1) is 0 Å². The van der Waals surface area contributed by atoms with Crippen molar-refractivity contribution in [2.75, 3.05) is 46.9 Å². The molecule has 1 aromatic rings. The summed E-state index contributed by atoms with van der Waals surface area (Å²) in [7, 11) is 2.98. The summed E-state index contributed by atoms with van der Waals surface area (Å²) in [5.41, 5.74) is 2.34. The number of aryl methyl sites for hydroxylation is 2. The molecule has 1 aliphatic heterocycles. The molecule has 6 heteroatoms. The fourth-order valence-corrected chi connectivity index (χ4v) is 2.79. The highest BCUT2D eigenvalue weighted by Gasteiger charge is 2.27. The Bertz CT molecular complexity index is 480. The van der Waals surface area contributed by atoms with Crippen molar-refractivity contribution < 1.29 is 14.3 Å². The summed E-state index contributed by atoms with van der Waals surface area (Å²) in [6.45, 7) is 6.31. The van der Waals surface area contributed by atoms with Gasteiger partial charge in [-0.1, -0.05) is 6.07 Å². The SMILES string of the molecule is COC(OC)C(=O)N1CCN(CCCc2ccc(C)nc2)CC1. The van der Waals surface area contributed by atoms with E-state index in [-0.39, 0.29) is 5.91 Å². The first-order valence-electron chi connectivity index (χ1n) is 8.12. The van der Waals surface area contributed by atoms with Crippen molar-refractivity contribution >= 4 is 5.91 Å². The molecule has 0 aromatic carbocycles. The summed E-state index contributed by atoms with van der Waals surface area (Å²) in [6, 6.07) is 4.20. The zero-order valence-corrected chi connectivity index (χ0v) is 14.3. The summed E-state index contributed by atoms with van der Waals surface area (Å²) in [4.78, 5) is 20.7.